The second-order valence-corrected chi connectivity index (χ2v) is 3.46. The van der Waals surface area contributed by atoms with Gasteiger partial charge in [-0.25, -0.2) is 0 Å². The molecule has 2 aromatic rings. The molecule has 0 aliphatic rings. The summed E-state index contributed by atoms with van der Waals surface area (Å²) in [6.45, 7) is 4.00. The van der Waals surface area contributed by atoms with Gasteiger partial charge in [0.05, 0.1) is 0 Å². The molecule has 0 spiro atoms. The second kappa shape index (κ2) is 2.77. The van der Waals surface area contributed by atoms with E-state index in [0.717, 1.165) is 21.9 Å². The lowest BCUT2D eigenvalue weighted by atomic mass is 10.0. The van der Waals surface area contributed by atoms with Crippen molar-refractivity contribution in [1.29, 1.82) is 0 Å². The van der Waals surface area contributed by atoms with Gasteiger partial charge < -0.3 is 5.11 Å². The highest BCUT2D eigenvalue weighted by atomic mass is 16.3. The summed E-state index contributed by atoms with van der Waals surface area (Å²) in [6, 6.07) is 9.93. The highest BCUT2D eigenvalue weighted by molar-refractivity contribution is 5.91. The van der Waals surface area contributed by atoms with E-state index >= 15 is 0 Å². The number of benzene rings is 2. The van der Waals surface area contributed by atoms with Crippen molar-refractivity contribution in [2.45, 2.75) is 13.8 Å². The van der Waals surface area contributed by atoms with Crippen LogP contribution in [-0.2, 0) is 0 Å². The molecule has 66 valence electrons. The lowest BCUT2D eigenvalue weighted by molar-refractivity contribution is 0.481. The van der Waals surface area contributed by atoms with E-state index in [0.29, 0.717) is 5.75 Å². The zero-order valence-corrected chi connectivity index (χ0v) is 7.83. The molecule has 1 N–H and O–H groups in total. The fourth-order valence-corrected chi connectivity index (χ4v) is 1.74. The van der Waals surface area contributed by atoms with Crippen LogP contribution in [0.3, 0.4) is 0 Å². The van der Waals surface area contributed by atoms with Gasteiger partial charge in [-0.05, 0) is 36.4 Å². The summed E-state index contributed by atoms with van der Waals surface area (Å²) >= 11 is 0. The quantitative estimate of drug-likeness (QED) is 0.647. The molecule has 0 saturated heterocycles. The van der Waals surface area contributed by atoms with Crippen molar-refractivity contribution < 1.29 is 5.11 Å². The summed E-state index contributed by atoms with van der Waals surface area (Å²) in [6.07, 6.45) is 0. The van der Waals surface area contributed by atoms with E-state index in [9.17, 15) is 5.11 Å². The SMILES string of the molecule is Cc1cc(O)c2c(C)cccc2c1. The number of aryl methyl sites for hydroxylation is 2. The molecule has 1 heteroatoms. The molecule has 0 fully saturated rings. The molecule has 2 aromatic carbocycles. The topological polar surface area (TPSA) is 20.2 Å². The first kappa shape index (κ1) is 8.11. The first-order chi connectivity index (χ1) is 6.18. The first-order valence-electron chi connectivity index (χ1n) is 4.37. The third kappa shape index (κ3) is 1.26. The molecule has 0 saturated carbocycles. The Morgan fingerprint density at radius 1 is 1.08 bits per heavy atom. The Bertz CT molecular complexity index is 458. The molecule has 2 rings (SSSR count). The number of rotatable bonds is 0. The molecule has 1 nitrogen and oxygen atoms in total. The van der Waals surface area contributed by atoms with Gasteiger partial charge in [0.15, 0.2) is 0 Å². The molecule has 0 aliphatic heterocycles. The van der Waals surface area contributed by atoms with Gasteiger partial charge in [-0.1, -0.05) is 24.3 Å². The van der Waals surface area contributed by atoms with Crippen molar-refractivity contribution >= 4 is 10.8 Å². The lowest BCUT2D eigenvalue weighted by Gasteiger charge is -2.05. The standard InChI is InChI=1S/C12H12O/c1-8-6-10-5-3-4-9(2)12(10)11(13)7-8/h3-7,13H,1-2H3. The average molecular weight is 172 g/mol. The van der Waals surface area contributed by atoms with Crippen molar-refractivity contribution in [1.82, 2.24) is 0 Å². The highest BCUT2D eigenvalue weighted by Crippen LogP contribution is 2.28. The van der Waals surface area contributed by atoms with E-state index in [2.05, 4.69) is 6.07 Å². The normalized spacial score (nSPS) is 10.6. The zero-order valence-electron chi connectivity index (χ0n) is 7.83. The number of hydrogen-bond acceptors (Lipinski definition) is 1. The van der Waals surface area contributed by atoms with Gasteiger partial charge in [0, 0.05) is 5.39 Å². The van der Waals surface area contributed by atoms with Gasteiger partial charge in [0.25, 0.3) is 0 Å². The molecule has 0 heterocycles. The van der Waals surface area contributed by atoms with Crippen LogP contribution < -0.4 is 0 Å². The van der Waals surface area contributed by atoms with E-state index in [1.54, 1.807) is 6.07 Å². The Hall–Kier alpha value is -1.50. The minimum absolute atomic E-state index is 0.383. The van der Waals surface area contributed by atoms with Crippen LogP contribution >= 0.6 is 0 Å². The summed E-state index contributed by atoms with van der Waals surface area (Å²) in [5.41, 5.74) is 2.21. The fourth-order valence-electron chi connectivity index (χ4n) is 1.74. The van der Waals surface area contributed by atoms with Gasteiger partial charge in [0.1, 0.15) is 5.75 Å². The first-order valence-corrected chi connectivity index (χ1v) is 4.37. The van der Waals surface area contributed by atoms with Gasteiger partial charge in [-0.15, -0.1) is 0 Å². The van der Waals surface area contributed by atoms with Crippen molar-refractivity contribution in [2.75, 3.05) is 0 Å². The Morgan fingerprint density at radius 2 is 1.85 bits per heavy atom. The zero-order chi connectivity index (χ0) is 9.42. The third-order valence-electron chi connectivity index (χ3n) is 2.31. The smallest absolute Gasteiger partial charge is 0.123 e. The molecule has 0 bridgehead atoms. The predicted molar refractivity (Wildman–Crippen MR) is 55.1 cm³/mol. The molecule has 0 unspecified atom stereocenters. The average Bonchev–Trinajstić information content (AvgIpc) is 2.02. The summed E-state index contributed by atoms with van der Waals surface area (Å²) < 4.78 is 0. The molecule has 0 aromatic heterocycles. The monoisotopic (exact) mass is 172 g/mol. The van der Waals surface area contributed by atoms with E-state index in [4.69, 9.17) is 0 Å². The van der Waals surface area contributed by atoms with E-state index in [1.165, 1.54) is 0 Å². The van der Waals surface area contributed by atoms with Gasteiger partial charge in [0.2, 0.25) is 0 Å². The number of phenols is 1. The van der Waals surface area contributed by atoms with Crippen molar-refractivity contribution in [3.8, 4) is 5.75 Å². The van der Waals surface area contributed by atoms with Crippen molar-refractivity contribution in [2.24, 2.45) is 0 Å². The van der Waals surface area contributed by atoms with Crippen LogP contribution in [0.5, 0.6) is 5.75 Å². The molecule has 0 radical (unpaired) electrons. The number of hydrogen-bond donors (Lipinski definition) is 1. The maximum absolute atomic E-state index is 9.73. The molecule has 0 amide bonds. The molecule has 0 aliphatic carbocycles. The van der Waals surface area contributed by atoms with E-state index < -0.39 is 0 Å². The van der Waals surface area contributed by atoms with Crippen LogP contribution in [0.4, 0.5) is 0 Å². The second-order valence-electron chi connectivity index (χ2n) is 3.46. The van der Waals surface area contributed by atoms with Crippen LogP contribution in [0.1, 0.15) is 11.1 Å². The van der Waals surface area contributed by atoms with Gasteiger partial charge >= 0.3 is 0 Å². The molecular weight excluding hydrogens is 160 g/mol. The van der Waals surface area contributed by atoms with Crippen LogP contribution in [0.2, 0.25) is 0 Å². The number of phenolic OH excluding ortho intramolecular Hbond substituents is 1. The van der Waals surface area contributed by atoms with Gasteiger partial charge in [-0.2, -0.15) is 0 Å². The third-order valence-corrected chi connectivity index (χ3v) is 2.31. The van der Waals surface area contributed by atoms with E-state index in [-0.39, 0.29) is 0 Å². The van der Waals surface area contributed by atoms with Crippen LogP contribution in [0, 0.1) is 13.8 Å². The maximum Gasteiger partial charge on any atom is 0.123 e. The summed E-state index contributed by atoms with van der Waals surface area (Å²) in [4.78, 5) is 0. The van der Waals surface area contributed by atoms with Crippen LogP contribution in [-0.4, -0.2) is 5.11 Å². The largest absolute Gasteiger partial charge is 0.507 e. The summed E-state index contributed by atoms with van der Waals surface area (Å²) in [5.74, 6) is 0.383. The lowest BCUT2D eigenvalue weighted by Crippen LogP contribution is -1.80. The van der Waals surface area contributed by atoms with E-state index in [1.807, 2.05) is 32.0 Å². The predicted octanol–water partition coefficient (Wildman–Crippen LogP) is 3.16. The number of aromatic hydroxyl groups is 1. The summed E-state index contributed by atoms with van der Waals surface area (Å²) in [7, 11) is 0. The Balaban J connectivity index is 2.94. The fraction of sp³-hybridized carbons (Fsp3) is 0.167. The molecule has 13 heavy (non-hydrogen) atoms. The minimum Gasteiger partial charge on any atom is -0.507 e. The van der Waals surface area contributed by atoms with Crippen molar-refractivity contribution in [3.63, 3.8) is 0 Å². The van der Waals surface area contributed by atoms with Gasteiger partial charge in [-0.3, -0.25) is 0 Å². The molecular formula is C12H12O. The Morgan fingerprint density at radius 3 is 2.62 bits per heavy atom. The van der Waals surface area contributed by atoms with Crippen molar-refractivity contribution in [3.05, 3.63) is 41.5 Å². The minimum atomic E-state index is 0.383. The van der Waals surface area contributed by atoms with Crippen LogP contribution in [0.25, 0.3) is 10.8 Å². The maximum atomic E-state index is 9.73. The van der Waals surface area contributed by atoms with Crippen LogP contribution in [0.15, 0.2) is 30.3 Å². The Labute approximate surface area is 77.6 Å². The highest BCUT2D eigenvalue weighted by Gasteiger charge is 2.02. The number of fused-ring (bicyclic) bond motifs is 1. The Kier molecular flexibility index (Phi) is 1.73. The summed E-state index contributed by atoms with van der Waals surface area (Å²) in [5, 5.41) is 11.8. The molecule has 0 atom stereocenters.